The molecular weight excluding hydrogens is 514 g/mol. The maximum absolute atomic E-state index is 13.1. The Morgan fingerprint density at radius 2 is 1.24 bits per heavy atom. The molecule has 0 radical (unpaired) electrons. The molecule has 222 valence electrons. The predicted octanol–water partition coefficient (Wildman–Crippen LogP) is 10.9. The fraction of sp³-hybridized carbons (Fsp3) is 0.500. The largest absolute Gasteiger partial charge is 0.353 e. The lowest BCUT2D eigenvalue weighted by molar-refractivity contribution is 0.0967. The number of nitrogens with zero attached hydrogens (tertiary/aromatic N) is 1. The molecule has 42 heavy (non-hydrogen) atoms. The van der Waals surface area contributed by atoms with Crippen molar-refractivity contribution in [1.29, 1.82) is 0 Å². The van der Waals surface area contributed by atoms with Gasteiger partial charge in [0.05, 0.1) is 16.6 Å². The summed E-state index contributed by atoms with van der Waals surface area (Å²) in [7, 11) is 0. The zero-order valence-corrected chi connectivity index (χ0v) is 25.7. The standard InChI is InChI=1S/C38H49N3O/c1-2-3-4-5-6-7-8-9-10-11-12-13-14-15-16-21-26-41-32-25-20-18-23-29(32)33-30-27-39-38(42)35(30)34-28-22-17-19-24-31(28)40-36(34)37(33)41/h17-20,22-25,40H,2-16,21,26-27H2,1H3,(H,39,42). The molecule has 0 saturated carbocycles. The third-order valence-electron chi connectivity index (χ3n) is 9.66. The number of nitrogens with one attached hydrogen (secondary N) is 2. The Morgan fingerprint density at radius 1 is 0.667 bits per heavy atom. The number of para-hydroxylation sites is 2. The highest BCUT2D eigenvalue weighted by atomic mass is 16.1. The number of aromatic nitrogens is 2. The summed E-state index contributed by atoms with van der Waals surface area (Å²) in [5.74, 6) is 0.0521. The first-order valence-corrected chi connectivity index (χ1v) is 17.0. The van der Waals surface area contributed by atoms with Crippen LogP contribution < -0.4 is 5.32 Å². The van der Waals surface area contributed by atoms with Gasteiger partial charge in [-0.1, -0.05) is 140 Å². The van der Waals surface area contributed by atoms with Crippen LogP contribution in [0.1, 0.15) is 126 Å². The van der Waals surface area contributed by atoms with Crippen LogP contribution in [0.2, 0.25) is 0 Å². The van der Waals surface area contributed by atoms with Crippen LogP contribution in [0.5, 0.6) is 0 Å². The first-order valence-electron chi connectivity index (χ1n) is 17.0. The Balaban J connectivity index is 1.07. The van der Waals surface area contributed by atoms with Crippen molar-refractivity contribution in [3.8, 4) is 0 Å². The number of fused-ring (bicyclic) bond motifs is 10. The molecule has 2 aromatic heterocycles. The molecule has 0 atom stereocenters. The van der Waals surface area contributed by atoms with Gasteiger partial charge in [-0.05, 0) is 24.1 Å². The molecule has 5 aromatic rings. The van der Waals surface area contributed by atoms with Crippen molar-refractivity contribution in [3.63, 3.8) is 0 Å². The highest BCUT2D eigenvalue weighted by Gasteiger charge is 2.30. The molecule has 1 aliphatic heterocycles. The number of carbonyl (C=O) groups excluding carboxylic acids is 1. The lowest BCUT2D eigenvalue weighted by Crippen LogP contribution is -2.12. The van der Waals surface area contributed by atoms with Gasteiger partial charge in [-0.3, -0.25) is 4.79 Å². The number of rotatable bonds is 17. The number of unbranched alkanes of at least 4 members (excludes halogenated alkanes) is 15. The lowest BCUT2D eigenvalue weighted by Gasteiger charge is -2.10. The number of amides is 1. The third-order valence-corrected chi connectivity index (χ3v) is 9.66. The SMILES string of the molecule is CCCCCCCCCCCCCCCCCCn1c2ccccc2c2c3c(c4c5ccccc5[nH]c4c21)C(=O)NC3. The molecular formula is C38H49N3O. The van der Waals surface area contributed by atoms with Crippen LogP contribution in [0.25, 0.3) is 43.6 Å². The van der Waals surface area contributed by atoms with E-state index in [1.807, 2.05) is 0 Å². The van der Waals surface area contributed by atoms with Gasteiger partial charge in [-0.2, -0.15) is 0 Å². The normalized spacial score (nSPS) is 13.2. The van der Waals surface area contributed by atoms with Crippen LogP contribution in [0.4, 0.5) is 0 Å². The lowest BCUT2D eigenvalue weighted by atomic mass is 9.97. The minimum Gasteiger partial charge on any atom is -0.353 e. The molecule has 0 aliphatic carbocycles. The molecule has 3 aromatic carbocycles. The number of hydrogen-bond donors (Lipinski definition) is 2. The van der Waals surface area contributed by atoms with Crippen LogP contribution >= 0.6 is 0 Å². The Bertz CT molecular complexity index is 1660. The number of aromatic amines is 1. The molecule has 0 spiro atoms. The highest BCUT2D eigenvalue weighted by Crippen LogP contribution is 2.43. The summed E-state index contributed by atoms with van der Waals surface area (Å²) >= 11 is 0. The Morgan fingerprint density at radius 3 is 1.90 bits per heavy atom. The molecule has 0 saturated heterocycles. The van der Waals surface area contributed by atoms with Crippen molar-refractivity contribution in [3.05, 3.63) is 59.7 Å². The van der Waals surface area contributed by atoms with Crippen molar-refractivity contribution in [1.82, 2.24) is 14.9 Å². The molecule has 0 bridgehead atoms. The molecule has 1 amide bonds. The fourth-order valence-corrected chi connectivity index (χ4v) is 7.46. The van der Waals surface area contributed by atoms with E-state index < -0.39 is 0 Å². The van der Waals surface area contributed by atoms with Gasteiger partial charge < -0.3 is 14.9 Å². The van der Waals surface area contributed by atoms with Gasteiger partial charge in [-0.25, -0.2) is 0 Å². The van der Waals surface area contributed by atoms with Crippen molar-refractivity contribution in [2.75, 3.05) is 0 Å². The second kappa shape index (κ2) is 13.8. The van der Waals surface area contributed by atoms with E-state index >= 15 is 0 Å². The van der Waals surface area contributed by atoms with Gasteiger partial charge >= 0.3 is 0 Å². The third kappa shape index (κ3) is 5.82. The molecule has 2 N–H and O–H groups in total. The second-order valence-corrected chi connectivity index (χ2v) is 12.7. The quantitative estimate of drug-likeness (QED) is 0.109. The second-order valence-electron chi connectivity index (χ2n) is 12.7. The maximum Gasteiger partial charge on any atom is 0.252 e. The van der Waals surface area contributed by atoms with E-state index in [1.54, 1.807) is 0 Å². The summed E-state index contributed by atoms with van der Waals surface area (Å²) in [5, 5.41) is 7.87. The Kier molecular flexibility index (Phi) is 9.47. The van der Waals surface area contributed by atoms with E-state index in [4.69, 9.17) is 0 Å². The average Bonchev–Trinajstić information content (AvgIpc) is 3.68. The van der Waals surface area contributed by atoms with Gasteiger partial charge in [0.15, 0.2) is 0 Å². The van der Waals surface area contributed by atoms with Crippen LogP contribution in [-0.2, 0) is 13.1 Å². The van der Waals surface area contributed by atoms with E-state index in [0.29, 0.717) is 6.54 Å². The van der Waals surface area contributed by atoms with Crippen molar-refractivity contribution in [2.24, 2.45) is 0 Å². The number of aryl methyl sites for hydroxylation is 1. The van der Waals surface area contributed by atoms with E-state index in [0.717, 1.165) is 39.5 Å². The maximum atomic E-state index is 13.1. The smallest absolute Gasteiger partial charge is 0.252 e. The van der Waals surface area contributed by atoms with E-state index in [-0.39, 0.29) is 5.91 Å². The topological polar surface area (TPSA) is 49.8 Å². The molecule has 6 rings (SSSR count). The Hall–Kier alpha value is -3.27. The minimum atomic E-state index is 0.0521. The van der Waals surface area contributed by atoms with E-state index in [1.165, 1.54) is 125 Å². The van der Waals surface area contributed by atoms with Crippen molar-refractivity contribution >= 4 is 49.5 Å². The van der Waals surface area contributed by atoms with Gasteiger partial charge in [-0.15, -0.1) is 0 Å². The molecule has 0 unspecified atom stereocenters. The number of benzene rings is 3. The zero-order chi connectivity index (χ0) is 28.7. The molecule has 3 heterocycles. The summed E-state index contributed by atoms with van der Waals surface area (Å²) in [6.07, 6.45) is 22.2. The van der Waals surface area contributed by atoms with Gasteiger partial charge in [0.25, 0.3) is 5.91 Å². The van der Waals surface area contributed by atoms with Gasteiger partial charge in [0.1, 0.15) is 0 Å². The summed E-state index contributed by atoms with van der Waals surface area (Å²) in [4.78, 5) is 16.8. The summed E-state index contributed by atoms with van der Waals surface area (Å²) in [6.45, 7) is 3.91. The predicted molar refractivity (Wildman–Crippen MR) is 180 cm³/mol. The fourth-order valence-electron chi connectivity index (χ4n) is 7.46. The highest BCUT2D eigenvalue weighted by molar-refractivity contribution is 6.30. The average molecular weight is 564 g/mol. The molecule has 4 nitrogen and oxygen atoms in total. The van der Waals surface area contributed by atoms with Crippen molar-refractivity contribution in [2.45, 2.75) is 123 Å². The summed E-state index contributed by atoms with van der Waals surface area (Å²) in [5.41, 5.74) is 6.77. The van der Waals surface area contributed by atoms with Gasteiger partial charge in [0.2, 0.25) is 0 Å². The molecule has 0 fully saturated rings. The number of H-pyrrole nitrogens is 1. The van der Waals surface area contributed by atoms with Crippen LogP contribution in [0, 0.1) is 0 Å². The molecule has 1 aliphatic rings. The Labute approximate surface area is 251 Å². The number of hydrogen-bond acceptors (Lipinski definition) is 1. The summed E-state index contributed by atoms with van der Waals surface area (Å²) in [6, 6.07) is 17.2. The minimum absolute atomic E-state index is 0.0521. The molecule has 4 heteroatoms. The zero-order valence-electron chi connectivity index (χ0n) is 25.7. The monoisotopic (exact) mass is 563 g/mol. The number of carbonyl (C=O) groups is 1. The first kappa shape index (κ1) is 28.8. The van der Waals surface area contributed by atoms with E-state index in [2.05, 4.69) is 70.3 Å². The summed E-state index contributed by atoms with van der Waals surface area (Å²) < 4.78 is 2.54. The van der Waals surface area contributed by atoms with Gasteiger partial charge in [0, 0.05) is 45.7 Å². The van der Waals surface area contributed by atoms with Crippen LogP contribution in [0.15, 0.2) is 48.5 Å². The van der Waals surface area contributed by atoms with E-state index in [9.17, 15) is 4.79 Å². The first-order chi connectivity index (χ1) is 20.8. The van der Waals surface area contributed by atoms with Crippen molar-refractivity contribution < 1.29 is 4.79 Å². The van der Waals surface area contributed by atoms with Crippen LogP contribution in [0.3, 0.4) is 0 Å². The van der Waals surface area contributed by atoms with Crippen LogP contribution in [-0.4, -0.2) is 15.5 Å².